The van der Waals surface area contributed by atoms with Gasteiger partial charge >= 0.3 is 5.97 Å². The molecule has 0 spiro atoms. The number of rotatable bonds is 5. The monoisotopic (exact) mass is 471 g/mol. The molecule has 152 valence electrons. The molecule has 4 aromatic rings. The fraction of sp³-hybridized carbons (Fsp3) is 0.0909. The SMILES string of the molecule is COc1cc2c(cc1NC(=O)COC(=O)c1ccc(F)cc1Br)oc1ccccc12. The lowest BCUT2D eigenvalue weighted by Gasteiger charge is -2.11. The van der Waals surface area contributed by atoms with Gasteiger partial charge in [0.1, 0.15) is 22.7 Å². The predicted molar refractivity (Wildman–Crippen MR) is 113 cm³/mol. The molecular weight excluding hydrogens is 457 g/mol. The third kappa shape index (κ3) is 3.86. The first-order chi connectivity index (χ1) is 14.5. The van der Waals surface area contributed by atoms with Crippen molar-refractivity contribution in [3.05, 3.63) is 70.5 Å². The number of ether oxygens (including phenoxy) is 2. The van der Waals surface area contributed by atoms with Crippen LogP contribution in [0.2, 0.25) is 0 Å². The average molecular weight is 472 g/mol. The third-order valence-corrected chi connectivity index (χ3v) is 5.11. The van der Waals surface area contributed by atoms with Crippen LogP contribution in [0.5, 0.6) is 5.75 Å². The highest BCUT2D eigenvalue weighted by Crippen LogP contribution is 2.36. The molecule has 1 heterocycles. The zero-order valence-corrected chi connectivity index (χ0v) is 17.3. The first kappa shape index (κ1) is 19.9. The van der Waals surface area contributed by atoms with E-state index in [2.05, 4.69) is 21.2 Å². The number of methoxy groups -OCH3 is 1. The summed E-state index contributed by atoms with van der Waals surface area (Å²) in [5, 5.41) is 4.44. The molecular formula is C22H15BrFNO5. The van der Waals surface area contributed by atoms with Crippen molar-refractivity contribution < 1.29 is 27.9 Å². The number of fused-ring (bicyclic) bond motifs is 3. The van der Waals surface area contributed by atoms with Gasteiger partial charge in [-0.05, 0) is 46.3 Å². The van der Waals surface area contributed by atoms with Crippen LogP contribution < -0.4 is 10.1 Å². The Morgan fingerprint density at radius 1 is 1.07 bits per heavy atom. The molecule has 1 N–H and O–H groups in total. The number of esters is 1. The van der Waals surface area contributed by atoms with Crippen LogP contribution in [0, 0.1) is 5.82 Å². The van der Waals surface area contributed by atoms with Crippen molar-refractivity contribution in [2.75, 3.05) is 19.0 Å². The molecule has 0 aliphatic rings. The Kier molecular flexibility index (Phi) is 5.41. The van der Waals surface area contributed by atoms with Crippen LogP contribution in [-0.2, 0) is 9.53 Å². The summed E-state index contributed by atoms with van der Waals surface area (Å²) in [5.74, 6) is -1.37. The van der Waals surface area contributed by atoms with Gasteiger partial charge in [0, 0.05) is 21.3 Å². The van der Waals surface area contributed by atoms with E-state index >= 15 is 0 Å². The summed E-state index contributed by atoms with van der Waals surface area (Å²) in [5.41, 5.74) is 1.80. The Labute approximate surface area is 178 Å². The summed E-state index contributed by atoms with van der Waals surface area (Å²) in [6.07, 6.45) is 0. The molecule has 6 nitrogen and oxygen atoms in total. The van der Waals surface area contributed by atoms with Gasteiger partial charge in [-0.2, -0.15) is 0 Å². The molecule has 0 aliphatic carbocycles. The van der Waals surface area contributed by atoms with E-state index in [0.717, 1.165) is 28.5 Å². The largest absolute Gasteiger partial charge is 0.495 e. The highest BCUT2D eigenvalue weighted by Gasteiger charge is 2.17. The van der Waals surface area contributed by atoms with Crippen molar-refractivity contribution in [3.63, 3.8) is 0 Å². The van der Waals surface area contributed by atoms with Crippen molar-refractivity contribution in [3.8, 4) is 5.75 Å². The van der Waals surface area contributed by atoms with Gasteiger partial charge in [-0.3, -0.25) is 4.79 Å². The number of nitrogens with one attached hydrogen (secondary N) is 1. The summed E-state index contributed by atoms with van der Waals surface area (Å²) in [4.78, 5) is 24.5. The minimum atomic E-state index is -0.753. The molecule has 30 heavy (non-hydrogen) atoms. The molecule has 0 atom stereocenters. The third-order valence-electron chi connectivity index (χ3n) is 4.46. The Hall–Kier alpha value is -3.39. The van der Waals surface area contributed by atoms with Gasteiger partial charge in [-0.15, -0.1) is 0 Å². The van der Waals surface area contributed by atoms with E-state index in [1.54, 1.807) is 12.1 Å². The molecule has 1 amide bonds. The van der Waals surface area contributed by atoms with Crippen molar-refractivity contribution >= 4 is 55.4 Å². The summed E-state index contributed by atoms with van der Waals surface area (Å²) < 4.78 is 29.6. The second-order valence-electron chi connectivity index (χ2n) is 6.40. The van der Waals surface area contributed by atoms with Gasteiger partial charge in [0.15, 0.2) is 6.61 Å². The van der Waals surface area contributed by atoms with Gasteiger partial charge in [0.25, 0.3) is 5.91 Å². The fourth-order valence-electron chi connectivity index (χ4n) is 3.07. The molecule has 0 unspecified atom stereocenters. The van der Waals surface area contributed by atoms with Crippen LogP contribution in [0.15, 0.2) is 63.5 Å². The second-order valence-corrected chi connectivity index (χ2v) is 7.25. The smallest absolute Gasteiger partial charge is 0.339 e. The Morgan fingerprint density at radius 3 is 2.63 bits per heavy atom. The number of anilines is 1. The highest BCUT2D eigenvalue weighted by molar-refractivity contribution is 9.10. The van der Waals surface area contributed by atoms with Crippen LogP contribution >= 0.6 is 15.9 Å². The molecule has 8 heteroatoms. The number of carbonyl (C=O) groups is 2. The van der Waals surface area contributed by atoms with E-state index in [1.165, 1.54) is 13.2 Å². The number of halogens is 2. The van der Waals surface area contributed by atoms with Crippen molar-refractivity contribution in [2.45, 2.75) is 0 Å². The second kappa shape index (κ2) is 8.16. The van der Waals surface area contributed by atoms with Crippen LogP contribution in [0.25, 0.3) is 21.9 Å². The van der Waals surface area contributed by atoms with Gasteiger partial charge in [-0.1, -0.05) is 18.2 Å². The zero-order valence-electron chi connectivity index (χ0n) is 15.7. The number of para-hydroxylation sites is 1. The van der Waals surface area contributed by atoms with Gasteiger partial charge in [0.05, 0.1) is 18.4 Å². The Balaban J connectivity index is 1.51. The topological polar surface area (TPSA) is 77.8 Å². The molecule has 0 bridgehead atoms. The highest BCUT2D eigenvalue weighted by atomic mass is 79.9. The first-order valence-corrected chi connectivity index (χ1v) is 9.67. The van der Waals surface area contributed by atoms with Crippen LogP contribution in [-0.4, -0.2) is 25.6 Å². The van der Waals surface area contributed by atoms with Crippen LogP contribution in [0.4, 0.5) is 10.1 Å². The van der Waals surface area contributed by atoms with E-state index in [4.69, 9.17) is 13.9 Å². The number of benzene rings is 3. The Bertz CT molecular complexity index is 1280. The van der Waals surface area contributed by atoms with E-state index in [9.17, 15) is 14.0 Å². The van der Waals surface area contributed by atoms with Crippen LogP contribution in [0.3, 0.4) is 0 Å². The van der Waals surface area contributed by atoms with Gasteiger partial charge in [-0.25, -0.2) is 9.18 Å². The van der Waals surface area contributed by atoms with Crippen molar-refractivity contribution in [1.29, 1.82) is 0 Å². The molecule has 4 rings (SSSR count). The van der Waals surface area contributed by atoms with Crippen molar-refractivity contribution in [2.24, 2.45) is 0 Å². The molecule has 0 saturated carbocycles. The summed E-state index contributed by atoms with van der Waals surface area (Å²) >= 11 is 3.10. The zero-order chi connectivity index (χ0) is 21.3. The maximum Gasteiger partial charge on any atom is 0.339 e. The molecule has 0 aliphatic heterocycles. The van der Waals surface area contributed by atoms with E-state index < -0.39 is 24.3 Å². The first-order valence-electron chi connectivity index (χ1n) is 8.87. The lowest BCUT2D eigenvalue weighted by Crippen LogP contribution is -2.21. The van der Waals surface area contributed by atoms with E-state index in [0.29, 0.717) is 17.0 Å². The summed E-state index contributed by atoms with van der Waals surface area (Å²) in [6.45, 7) is -0.524. The standard InChI is InChI=1S/C22H15BrFNO5/c1-28-20-9-15-13-4-2-3-5-18(13)30-19(15)10-17(20)25-21(26)11-29-22(27)14-7-6-12(24)8-16(14)23/h2-10H,11H2,1H3,(H,25,26). The molecule has 3 aromatic carbocycles. The number of carbonyl (C=O) groups excluding carboxylic acids is 2. The van der Waals surface area contributed by atoms with E-state index in [-0.39, 0.29) is 10.0 Å². The maximum absolute atomic E-state index is 13.2. The molecule has 0 radical (unpaired) electrons. The summed E-state index contributed by atoms with van der Waals surface area (Å²) in [6, 6.07) is 14.6. The van der Waals surface area contributed by atoms with Gasteiger partial charge < -0.3 is 19.2 Å². The molecule has 1 aromatic heterocycles. The van der Waals surface area contributed by atoms with E-state index in [1.807, 2.05) is 24.3 Å². The van der Waals surface area contributed by atoms with Gasteiger partial charge in [0.2, 0.25) is 0 Å². The fourth-order valence-corrected chi connectivity index (χ4v) is 3.58. The molecule has 0 fully saturated rings. The van der Waals surface area contributed by atoms with Crippen molar-refractivity contribution in [1.82, 2.24) is 0 Å². The quantitative estimate of drug-likeness (QED) is 0.400. The predicted octanol–water partition coefficient (Wildman–Crippen LogP) is 5.29. The number of furan rings is 1. The Morgan fingerprint density at radius 2 is 1.87 bits per heavy atom. The number of amides is 1. The lowest BCUT2D eigenvalue weighted by atomic mass is 10.1. The minimum Gasteiger partial charge on any atom is -0.495 e. The number of hydrogen-bond donors (Lipinski definition) is 1. The average Bonchev–Trinajstić information content (AvgIpc) is 3.08. The maximum atomic E-state index is 13.2. The van der Waals surface area contributed by atoms with Crippen LogP contribution in [0.1, 0.15) is 10.4 Å². The number of hydrogen-bond acceptors (Lipinski definition) is 5. The normalized spacial score (nSPS) is 10.9. The molecule has 0 saturated heterocycles. The minimum absolute atomic E-state index is 0.116. The summed E-state index contributed by atoms with van der Waals surface area (Å²) in [7, 11) is 1.49. The lowest BCUT2D eigenvalue weighted by molar-refractivity contribution is -0.119.